The fraction of sp³-hybridized carbons (Fsp3) is 0.923. The highest BCUT2D eigenvalue weighted by atomic mass is 16.2. The van der Waals surface area contributed by atoms with Gasteiger partial charge in [-0.05, 0) is 46.1 Å². The van der Waals surface area contributed by atoms with Gasteiger partial charge in [-0.3, -0.25) is 4.79 Å². The quantitative estimate of drug-likeness (QED) is 0.654. The first-order valence-electron chi connectivity index (χ1n) is 6.43. The Labute approximate surface area is 106 Å². The average Bonchev–Trinajstić information content (AvgIpc) is 2.15. The molecule has 0 saturated carbocycles. The van der Waals surface area contributed by atoms with Gasteiger partial charge in [0.15, 0.2) is 0 Å². The van der Waals surface area contributed by atoms with E-state index in [1.807, 2.05) is 27.7 Å². The third kappa shape index (κ3) is 7.34. The van der Waals surface area contributed by atoms with Crippen LogP contribution in [0.3, 0.4) is 0 Å². The molecule has 4 nitrogen and oxygen atoms in total. The molecule has 0 bridgehead atoms. The maximum Gasteiger partial charge on any atom is 0.237 e. The van der Waals surface area contributed by atoms with Gasteiger partial charge in [-0.25, -0.2) is 0 Å². The lowest BCUT2D eigenvalue weighted by Gasteiger charge is -2.26. The predicted molar refractivity (Wildman–Crippen MR) is 72.7 cm³/mol. The predicted octanol–water partition coefficient (Wildman–Crippen LogP) is 1.11. The van der Waals surface area contributed by atoms with Gasteiger partial charge in [0.05, 0.1) is 6.04 Å². The van der Waals surface area contributed by atoms with Gasteiger partial charge in [0, 0.05) is 12.1 Å². The molecule has 0 fully saturated rings. The van der Waals surface area contributed by atoms with Crippen LogP contribution >= 0.6 is 0 Å². The van der Waals surface area contributed by atoms with E-state index in [-0.39, 0.29) is 17.5 Å². The zero-order valence-electron chi connectivity index (χ0n) is 12.1. The molecular formula is C13H29N3O. The van der Waals surface area contributed by atoms with E-state index >= 15 is 0 Å². The zero-order valence-corrected chi connectivity index (χ0v) is 12.1. The minimum absolute atomic E-state index is 0.0389. The summed E-state index contributed by atoms with van der Waals surface area (Å²) in [5.41, 5.74) is 5.52. The Bertz CT molecular complexity index is 233. The van der Waals surface area contributed by atoms with Crippen LogP contribution < -0.4 is 16.4 Å². The molecule has 0 heterocycles. The second-order valence-corrected chi connectivity index (χ2v) is 6.11. The molecule has 1 amide bonds. The van der Waals surface area contributed by atoms with E-state index in [4.69, 9.17) is 5.73 Å². The minimum Gasteiger partial charge on any atom is -0.350 e. The van der Waals surface area contributed by atoms with Crippen molar-refractivity contribution >= 4 is 5.91 Å². The summed E-state index contributed by atoms with van der Waals surface area (Å²) in [5.74, 6) is 0.988. The van der Waals surface area contributed by atoms with Gasteiger partial charge in [0.1, 0.15) is 0 Å². The summed E-state index contributed by atoms with van der Waals surface area (Å²) < 4.78 is 0. The number of hydrogen-bond acceptors (Lipinski definition) is 3. The smallest absolute Gasteiger partial charge is 0.237 e. The molecule has 0 aromatic rings. The monoisotopic (exact) mass is 243 g/mol. The molecule has 0 saturated heterocycles. The number of hydrogen-bond donors (Lipinski definition) is 3. The molecule has 2 atom stereocenters. The van der Waals surface area contributed by atoms with Crippen molar-refractivity contribution in [2.24, 2.45) is 17.6 Å². The van der Waals surface area contributed by atoms with E-state index in [2.05, 4.69) is 24.5 Å². The summed E-state index contributed by atoms with van der Waals surface area (Å²) in [6, 6.07) is -0.179. The normalized spacial score (nSPS) is 15.8. The lowest BCUT2D eigenvalue weighted by atomic mass is 9.96. The van der Waals surface area contributed by atoms with E-state index in [9.17, 15) is 4.79 Å². The Morgan fingerprint density at radius 3 is 2.12 bits per heavy atom. The van der Waals surface area contributed by atoms with Crippen molar-refractivity contribution in [3.63, 3.8) is 0 Å². The van der Waals surface area contributed by atoms with Gasteiger partial charge >= 0.3 is 0 Å². The molecule has 0 rings (SSSR count). The molecule has 0 aliphatic carbocycles. The van der Waals surface area contributed by atoms with Crippen LogP contribution in [0.2, 0.25) is 0 Å². The molecule has 17 heavy (non-hydrogen) atoms. The molecule has 0 aromatic carbocycles. The molecule has 0 spiro atoms. The van der Waals surface area contributed by atoms with Crippen LogP contribution in [0, 0.1) is 11.8 Å². The highest BCUT2D eigenvalue weighted by Gasteiger charge is 2.20. The summed E-state index contributed by atoms with van der Waals surface area (Å²) in [6.07, 6.45) is 0. The van der Waals surface area contributed by atoms with Crippen molar-refractivity contribution in [3.8, 4) is 0 Å². The van der Waals surface area contributed by atoms with Gasteiger partial charge in [-0.2, -0.15) is 0 Å². The van der Waals surface area contributed by atoms with E-state index < -0.39 is 0 Å². The Kier molecular flexibility index (Phi) is 6.72. The first-order valence-corrected chi connectivity index (χ1v) is 6.43. The van der Waals surface area contributed by atoms with Crippen molar-refractivity contribution < 1.29 is 4.79 Å². The Hall–Kier alpha value is -0.610. The average molecular weight is 243 g/mol. The van der Waals surface area contributed by atoms with Crippen LogP contribution in [0.5, 0.6) is 0 Å². The van der Waals surface area contributed by atoms with Gasteiger partial charge < -0.3 is 16.4 Å². The maximum absolute atomic E-state index is 11.8. The van der Waals surface area contributed by atoms with Crippen molar-refractivity contribution in [1.82, 2.24) is 10.6 Å². The molecule has 0 aromatic heterocycles. The first-order chi connectivity index (χ1) is 7.67. The van der Waals surface area contributed by atoms with Crippen LogP contribution in [-0.4, -0.2) is 30.6 Å². The lowest BCUT2D eigenvalue weighted by Crippen LogP contribution is -2.50. The third-order valence-corrected chi connectivity index (χ3v) is 2.82. The molecule has 102 valence electrons. The largest absolute Gasteiger partial charge is 0.350 e. The summed E-state index contributed by atoms with van der Waals surface area (Å²) in [6.45, 7) is 13.6. The standard InChI is InChI=1S/C13H29N3O/c1-9(2)11(7-14)8-15-10(3)12(17)16-13(4,5)6/h9-11,15H,7-8,14H2,1-6H3,(H,16,17). The Balaban J connectivity index is 4.09. The number of carbonyl (C=O) groups is 1. The SMILES string of the molecule is CC(NCC(CN)C(C)C)C(=O)NC(C)(C)C. The fourth-order valence-electron chi connectivity index (χ4n) is 1.49. The summed E-state index contributed by atoms with van der Waals surface area (Å²) in [5, 5.41) is 6.20. The zero-order chi connectivity index (χ0) is 13.6. The van der Waals surface area contributed by atoms with Gasteiger partial charge in [0.2, 0.25) is 5.91 Å². The lowest BCUT2D eigenvalue weighted by molar-refractivity contribution is -0.124. The second kappa shape index (κ2) is 6.97. The van der Waals surface area contributed by atoms with Gasteiger partial charge in [0.25, 0.3) is 0 Å². The Morgan fingerprint density at radius 1 is 1.24 bits per heavy atom. The number of nitrogens with one attached hydrogen (secondary N) is 2. The maximum atomic E-state index is 11.8. The van der Waals surface area contributed by atoms with E-state index in [1.54, 1.807) is 0 Å². The number of carbonyl (C=O) groups excluding carboxylic acids is 1. The van der Waals surface area contributed by atoms with Crippen molar-refractivity contribution in [2.75, 3.05) is 13.1 Å². The molecule has 4 heteroatoms. The minimum atomic E-state index is -0.182. The van der Waals surface area contributed by atoms with E-state index in [1.165, 1.54) is 0 Å². The molecule has 4 N–H and O–H groups in total. The van der Waals surface area contributed by atoms with Crippen molar-refractivity contribution in [1.29, 1.82) is 0 Å². The molecule has 2 unspecified atom stereocenters. The third-order valence-electron chi connectivity index (χ3n) is 2.82. The highest BCUT2D eigenvalue weighted by molar-refractivity contribution is 5.81. The van der Waals surface area contributed by atoms with E-state index in [0.717, 1.165) is 6.54 Å². The topological polar surface area (TPSA) is 67.1 Å². The van der Waals surface area contributed by atoms with Crippen LogP contribution in [-0.2, 0) is 4.79 Å². The summed E-state index contributed by atoms with van der Waals surface area (Å²) in [4.78, 5) is 11.8. The number of amides is 1. The first kappa shape index (κ1) is 16.4. The van der Waals surface area contributed by atoms with Gasteiger partial charge in [-0.15, -0.1) is 0 Å². The number of nitrogens with two attached hydrogens (primary N) is 1. The van der Waals surface area contributed by atoms with Crippen molar-refractivity contribution in [2.45, 2.75) is 53.1 Å². The van der Waals surface area contributed by atoms with Gasteiger partial charge in [-0.1, -0.05) is 13.8 Å². The second-order valence-electron chi connectivity index (χ2n) is 6.11. The van der Waals surface area contributed by atoms with E-state index in [0.29, 0.717) is 18.4 Å². The fourth-order valence-corrected chi connectivity index (χ4v) is 1.49. The summed E-state index contributed by atoms with van der Waals surface area (Å²) in [7, 11) is 0. The molecular weight excluding hydrogens is 214 g/mol. The van der Waals surface area contributed by atoms with Crippen LogP contribution in [0.25, 0.3) is 0 Å². The summed E-state index contributed by atoms with van der Waals surface area (Å²) >= 11 is 0. The van der Waals surface area contributed by atoms with Crippen LogP contribution in [0.15, 0.2) is 0 Å². The molecule has 0 aliphatic heterocycles. The van der Waals surface area contributed by atoms with Crippen LogP contribution in [0.4, 0.5) is 0 Å². The molecule has 0 aliphatic rings. The van der Waals surface area contributed by atoms with Crippen molar-refractivity contribution in [3.05, 3.63) is 0 Å². The number of rotatable bonds is 6. The van der Waals surface area contributed by atoms with Crippen LogP contribution in [0.1, 0.15) is 41.5 Å². The molecule has 0 radical (unpaired) electrons. The Morgan fingerprint density at radius 2 is 1.76 bits per heavy atom. The highest BCUT2D eigenvalue weighted by Crippen LogP contribution is 2.08.